The van der Waals surface area contributed by atoms with E-state index in [4.69, 9.17) is 5.11 Å². The number of carbonyl (C=O) groups is 2. The molecular weight excluding hydrogens is 412 g/mol. The minimum Gasteiger partial charge on any atom is -0.481 e. The van der Waals surface area contributed by atoms with E-state index in [0.717, 1.165) is 25.7 Å². The number of hydrogen-bond acceptors (Lipinski definition) is 5. The van der Waals surface area contributed by atoms with E-state index in [-0.39, 0.29) is 35.9 Å². The van der Waals surface area contributed by atoms with E-state index in [9.17, 15) is 19.8 Å². The molecular formula is C25H34O5S. The maximum Gasteiger partial charge on any atom is 0.303 e. The van der Waals surface area contributed by atoms with Gasteiger partial charge in [0.25, 0.3) is 0 Å². The summed E-state index contributed by atoms with van der Waals surface area (Å²) in [4.78, 5) is 24.2. The van der Waals surface area contributed by atoms with Crippen LogP contribution in [0.15, 0.2) is 41.8 Å². The van der Waals surface area contributed by atoms with E-state index < -0.39 is 18.2 Å². The molecule has 0 aromatic carbocycles. The number of carboxylic acid groups (broad SMARTS) is 1. The van der Waals surface area contributed by atoms with Gasteiger partial charge in [-0.15, -0.1) is 11.3 Å². The van der Waals surface area contributed by atoms with Gasteiger partial charge in [-0.2, -0.15) is 0 Å². The van der Waals surface area contributed by atoms with Gasteiger partial charge in [0.15, 0.2) is 0 Å². The SMILES string of the molecule is O=C(O)CCC/C=C/C[C@H]1C(=O)C[C@@H](O)[C@@H]1/C=C/CC(O)C1(Cc2cccs2)CCC1. The van der Waals surface area contributed by atoms with Gasteiger partial charge in [0.2, 0.25) is 0 Å². The minimum atomic E-state index is -0.797. The van der Waals surface area contributed by atoms with Crippen molar-refractivity contribution in [1.29, 1.82) is 0 Å². The Morgan fingerprint density at radius 1 is 1.29 bits per heavy atom. The quantitative estimate of drug-likeness (QED) is 0.324. The van der Waals surface area contributed by atoms with Crippen LogP contribution in [0, 0.1) is 17.3 Å². The van der Waals surface area contributed by atoms with Crippen LogP contribution in [0.4, 0.5) is 0 Å². The lowest BCUT2D eigenvalue weighted by molar-refractivity contribution is -0.137. The van der Waals surface area contributed by atoms with Gasteiger partial charge in [-0.3, -0.25) is 9.59 Å². The third kappa shape index (κ3) is 6.37. The molecule has 0 aliphatic heterocycles. The molecule has 0 saturated heterocycles. The lowest BCUT2D eigenvalue weighted by atomic mass is 9.62. The van der Waals surface area contributed by atoms with Crippen LogP contribution in [0.2, 0.25) is 0 Å². The maximum absolute atomic E-state index is 12.3. The molecule has 170 valence electrons. The summed E-state index contributed by atoms with van der Waals surface area (Å²) in [5.41, 5.74) is -0.0443. The first-order chi connectivity index (χ1) is 14.9. The van der Waals surface area contributed by atoms with Crippen LogP contribution in [0.3, 0.4) is 0 Å². The van der Waals surface area contributed by atoms with Crippen molar-refractivity contribution in [2.75, 3.05) is 0 Å². The van der Waals surface area contributed by atoms with Gasteiger partial charge in [0.1, 0.15) is 5.78 Å². The molecule has 5 nitrogen and oxygen atoms in total. The Morgan fingerprint density at radius 3 is 2.74 bits per heavy atom. The standard InChI is InChI=1S/C25H34O5S/c26-21-16-22(27)20(19(21)9-3-1-2-4-12-24(29)30)10-5-11-23(28)25(13-7-14-25)17-18-8-6-15-31-18/h1,3,5-6,8,10,15,19-20,22-23,27-28H,2,4,7,9,11-14,16-17H2,(H,29,30)/b3-1+,10-5+/t19-,20-,22-,23?/m1/s1. The largest absolute Gasteiger partial charge is 0.481 e. The van der Waals surface area contributed by atoms with E-state index in [1.54, 1.807) is 11.3 Å². The molecule has 1 heterocycles. The van der Waals surface area contributed by atoms with Crippen molar-refractivity contribution >= 4 is 23.1 Å². The van der Waals surface area contributed by atoms with Gasteiger partial charge in [-0.1, -0.05) is 36.8 Å². The molecule has 6 heteroatoms. The van der Waals surface area contributed by atoms with Crippen molar-refractivity contribution in [3.8, 4) is 0 Å². The Morgan fingerprint density at radius 2 is 2.10 bits per heavy atom. The van der Waals surface area contributed by atoms with Crippen LogP contribution in [0.25, 0.3) is 0 Å². The molecule has 2 aliphatic rings. The fourth-order valence-corrected chi connectivity index (χ4v) is 5.75. The molecule has 31 heavy (non-hydrogen) atoms. The van der Waals surface area contributed by atoms with Crippen LogP contribution < -0.4 is 0 Å². The van der Waals surface area contributed by atoms with Crippen molar-refractivity contribution in [3.63, 3.8) is 0 Å². The smallest absolute Gasteiger partial charge is 0.303 e. The van der Waals surface area contributed by atoms with E-state index >= 15 is 0 Å². The first kappa shape index (κ1) is 23.9. The molecule has 2 aliphatic carbocycles. The van der Waals surface area contributed by atoms with Crippen LogP contribution in [-0.2, 0) is 16.0 Å². The van der Waals surface area contributed by atoms with E-state index in [2.05, 4.69) is 17.5 Å². The molecule has 4 atom stereocenters. The minimum absolute atomic E-state index is 0.0443. The number of carboxylic acids is 1. The average molecular weight is 447 g/mol. The fourth-order valence-electron chi connectivity index (χ4n) is 4.89. The highest BCUT2D eigenvalue weighted by Gasteiger charge is 2.43. The number of rotatable bonds is 12. The predicted octanol–water partition coefficient (Wildman–Crippen LogP) is 4.54. The number of aliphatic carboxylic acids is 1. The zero-order valence-corrected chi connectivity index (χ0v) is 18.8. The Balaban J connectivity index is 1.52. The Hall–Kier alpha value is -1.76. The van der Waals surface area contributed by atoms with Crippen LogP contribution in [0.1, 0.15) is 62.7 Å². The van der Waals surface area contributed by atoms with E-state index in [1.165, 1.54) is 4.88 Å². The Kier molecular flexibility index (Phi) is 8.64. The summed E-state index contributed by atoms with van der Waals surface area (Å²) in [5, 5.41) is 32.0. The molecule has 0 radical (unpaired) electrons. The molecule has 0 bridgehead atoms. The van der Waals surface area contributed by atoms with Gasteiger partial charge < -0.3 is 15.3 Å². The molecule has 1 aromatic heterocycles. The average Bonchev–Trinajstić information content (AvgIpc) is 3.29. The zero-order valence-electron chi connectivity index (χ0n) is 18.0. The molecule has 3 N–H and O–H groups in total. The predicted molar refractivity (Wildman–Crippen MR) is 122 cm³/mol. The number of aliphatic hydroxyl groups excluding tert-OH is 2. The number of carbonyl (C=O) groups excluding carboxylic acids is 1. The molecule has 2 fully saturated rings. The summed E-state index contributed by atoms with van der Waals surface area (Å²) in [6.45, 7) is 0. The van der Waals surface area contributed by atoms with Gasteiger partial charge in [-0.25, -0.2) is 0 Å². The summed E-state index contributed by atoms with van der Waals surface area (Å²) < 4.78 is 0. The maximum atomic E-state index is 12.3. The second kappa shape index (κ2) is 11.2. The zero-order chi connectivity index (χ0) is 22.3. The first-order valence-electron chi connectivity index (χ1n) is 11.4. The van der Waals surface area contributed by atoms with Crippen LogP contribution in [-0.4, -0.2) is 39.3 Å². The van der Waals surface area contributed by atoms with Crippen LogP contribution in [0.5, 0.6) is 0 Å². The number of ketones is 1. The summed E-state index contributed by atoms with van der Waals surface area (Å²) in [6, 6.07) is 4.19. The van der Waals surface area contributed by atoms with Crippen LogP contribution >= 0.6 is 11.3 Å². The van der Waals surface area contributed by atoms with Gasteiger partial charge >= 0.3 is 5.97 Å². The summed E-state index contributed by atoms with van der Waals surface area (Å²) in [5.74, 6) is -1.19. The number of Topliss-reactive ketones (excluding diaryl/α,β-unsaturated/α-hetero) is 1. The van der Waals surface area contributed by atoms with Gasteiger partial charge in [0.05, 0.1) is 12.2 Å². The van der Waals surface area contributed by atoms with Gasteiger partial charge in [0, 0.05) is 35.0 Å². The lowest BCUT2D eigenvalue weighted by Gasteiger charge is -2.45. The lowest BCUT2D eigenvalue weighted by Crippen LogP contribution is -2.42. The highest BCUT2D eigenvalue weighted by atomic mass is 32.1. The topological polar surface area (TPSA) is 94.8 Å². The summed E-state index contributed by atoms with van der Waals surface area (Å²) in [7, 11) is 0. The third-order valence-corrected chi connectivity index (χ3v) is 7.81. The number of unbranched alkanes of at least 4 members (excludes halogenated alkanes) is 1. The molecule has 1 aromatic rings. The number of aliphatic hydroxyl groups is 2. The summed E-state index contributed by atoms with van der Waals surface area (Å²) in [6.07, 6.45) is 13.5. The number of thiophene rings is 1. The highest BCUT2D eigenvalue weighted by molar-refractivity contribution is 7.09. The van der Waals surface area contributed by atoms with Crippen molar-refractivity contribution in [1.82, 2.24) is 0 Å². The summed E-state index contributed by atoms with van der Waals surface area (Å²) >= 11 is 1.74. The highest BCUT2D eigenvalue weighted by Crippen LogP contribution is 2.48. The number of hydrogen-bond donors (Lipinski definition) is 3. The second-order valence-electron chi connectivity index (χ2n) is 9.07. The second-order valence-corrected chi connectivity index (χ2v) is 10.1. The monoisotopic (exact) mass is 446 g/mol. The molecule has 2 saturated carbocycles. The Labute approximate surface area is 188 Å². The van der Waals surface area contributed by atoms with Crippen molar-refractivity contribution < 1.29 is 24.9 Å². The Bertz CT molecular complexity index is 778. The van der Waals surface area contributed by atoms with Gasteiger partial charge in [-0.05, 0) is 56.4 Å². The van der Waals surface area contributed by atoms with Crippen molar-refractivity contribution in [2.24, 2.45) is 17.3 Å². The first-order valence-corrected chi connectivity index (χ1v) is 12.2. The van der Waals surface area contributed by atoms with E-state index in [0.29, 0.717) is 25.7 Å². The number of allylic oxidation sites excluding steroid dienone is 2. The molecule has 0 amide bonds. The normalized spacial score (nSPS) is 26.5. The van der Waals surface area contributed by atoms with E-state index in [1.807, 2.05) is 24.3 Å². The molecule has 3 rings (SSSR count). The molecule has 0 spiro atoms. The molecule has 1 unspecified atom stereocenters. The van der Waals surface area contributed by atoms with Crippen molar-refractivity contribution in [2.45, 2.75) is 76.4 Å². The third-order valence-electron chi connectivity index (χ3n) is 6.93. The van der Waals surface area contributed by atoms with Crippen molar-refractivity contribution in [3.05, 3.63) is 46.7 Å². The fraction of sp³-hybridized carbons (Fsp3) is 0.600.